The fraction of sp³-hybridized carbons (Fsp3) is 0.286. The van der Waals surface area contributed by atoms with Crippen molar-refractivity contribution in [2.75, 3.05) is 13.2 Å². The molecule has 2 rings (SSSR count). The molecule has 2 aromatic rings. The predicted molar refractivity (Wildman–Crippen MR) is 87.0 cm³/mol. The molecule has 1 heterocycles. The standard InChI is InChI=1S/C14H10ClF6N3O4S/c15-8-3-1-2-7(4-8)10-23-11(27-5-13(16,17)18)9(29(22,25)26)12(24-10)28-6-14(19,20)21/h1-4H,5-6H2,(H2,22,25,26). The lowest BCUT2D eigenvalue weighted by Gasteiger charge is -2.16. The molecule has 0 unspecified atom stereocenters. The summed E-state index contributed by atoms with van der Waals surface area (Å²) in [7, 11) is -4.94. The molecule has 15 heteroatoms. The zero-order chi connectivity index (χ0) is 22.0. The third kappa shape index (κ3) is 6.90. The molecular formula is C14H10ClF6N3O4S. The highest BCUT2D eigenvalue weighted by Gasteiger charge is 2.35. The summed E-state index contributed by atoms with van der Waals surface area (Å²) in [5.41, 5.74) is 0.0344. The number of aromatic nitrogens is 2. The minimum Gasteiger partial charge on any atom is -0.467 e. The molecule has 0 aliphatic rings. The zero-order valence-corrected chi connectivity index (χ0v) is 15.5. The minimum atomic E-state index is -4.94. The van der Waals surface area contributed by atoms with Crippen molar-refractivity contribution in [3.63, 3.8) is 0 Å². The Labute approximate surface area is 164 Å². The third-order valence-corrected chi connectivity index (χ3v) is 4.07. The average molecular weight is 466 g/mol. The van der Waals surface area contributed by atoms with Crippen LogP contribution in [0.4, 0.5) is 26.3 Å². The van der Waals surface area contributed by atoms with Gasteiger partial charge in [0.05, 0.1) is 0 Å². The Morgan fingerprint density at radius 1 is 0.966 bits per heavy atom. The number of hydrogen-bond acceptors (Lipinski definition) is 6. The Hall–Kier alpha value is -2.32. The van der Waals surface area contributed by atoms with E-state index in [9.17, 15) is 34.8 Å². The van der Waals surface area contributed by atoms with Gasteiger partial charge < -0.3 is 9.47 Å². The van der Waals surface area contributed by atoms with Gasteiger partial charge in [-0.25, -0.2) is 13.6 Å². The second-order valence-corrected chi connectivity index (χ2v) is 7.28. The number of alkyl halides is 6. The van der Waals surface area contributed by atoms with Crippen molar-refractivity contribution in [2.24, 2.45) is 5.14 Å². The number of primary sulfonamides is 1. The summed E-state index contributed by atoms with van der Waals surface area (Å²) < 4.78 is 107. The molecule has 1 aromatic heterocycles. The first-order valence-electron chi connectivity index (χ1n) is 7.25. The van der Waals surface area contributed by atoms with Crippen molar-refractivity contribution in [1.29, 1.82) is 0 Å². The van der Waals surface area contributed by atoms with Gasteiger partial charge in [0, 0.05) is 10.6 Å². The zero-order valence-electron chi connectivity index (χ0n) is 13.9. The van der Waals surface area contributed by atoms with Crippen LogP contribution in [0.25, 0.3) is 11.4 Å². The maximum Gasteiger partial charge on any atom is 0.422 e. The molecule has 7 nitrogen and oxygen atoms in total. The summed E-state index contributed by atoms with van der Waals surface area (Å²) in [6.07, 6.45) is -9.83. The molecule has 0 aliphatic carbocycles. The fourth-order valence-electron chi connectivity index (χ4n) is 1.91. The summed E-state index contributed by atoms with van der Waals surface area (Å²) >= 11 is 5.79. The average Bonchev–Trinajstić information content (AvgIpc) is 2.55. The van der Waals surface area contributed by atoms with Crippen LogP contribution in [0, 0.1) is 0 Å². The minimum absolute atomic E-state index is 0.0344. The number of nitrogens with zero attached hydrogens (tertiary/aromatic N) is 2. The molecule has 29 heavy (non-hydrogen) atoms. The molecule has 0 saturated carbocycles. The lowest BCUT2D eigenvalue weighted by Crippen LogP contribution is -2.25. The van der Waals surface area contributed by atoms with E-state index in [0.29, 0.717) is 0 Å². The normalized spacial score (nSPS) is 12.7. The quantitative estimate of drug-likeness (QED) is 0.656. The predicted octanol–water partition coefficient (Wildman–Crippen LogP) is 3.33. The number of sulfonamides is 1. The van der Waals surface area contributed by atoms with E-state index in [4.69, 9.17) is 16.7 Å². The van der Waals surface area contributed by atoms with Crippen LogP contribution in [0.15, 0.2) is 29.2 Å². The molecular weight excluding hydrogens is 456 g/mol. The molecule has 0 bridgehead atoms. The van der Waals surface area contributed by atoms with Crippen LogP contribution in [0.5, 0.6) is 11.8 Å². The number of benzene rings is 1. The van der Waals surface area contributed by atoms with Crippen molar-refractivity contribution < 1.29 is 44.2 Å². The Bertz CT molecular complexity index is 959. The summed E-state index contributed by atoms with van der Waals surface area (Å²) in [6.45, 7) is -4.00. The van der Waals surface area contributed by atoms with Gasteiger partial charge in [-0.15, -0.1) is 0 Å². The van der Waals surface area contributed by atoms with Crippen LogP contribution in [0.1, 0.15) is 0 Å². The summed E-state index contributed by atoms with van der Waals surface area (Å²) in [4.78, 5) is 5.73. The van der Waals surface area contributed by atoms with Gasteiger partial charge >= 0.3 is 12.4 Å². The Kier molecular flexibility index (Phi) is 6.49. The molecule has 0 fully saturated rings. The largest absolute Gasteiger partial charge is 0.467 e. The van der Waals surface area contributed by atoms with Gasteiger partial charge in [-0.3, -0.25) is 0 Å². The molecule has 0 atom stereocenters. The highest BCUT2D eigenvalue weighted by molar-refractivity contribution is 7.89. The van der Waals surface area contributed by atoms with Crippen molar-refractivity contribution in [3.05, 3.63) is 29.3 Å². The second-order valence-electron chi connectivity index (χ2n) is 5.35. The Morgan fingerprint density at radius 3 is 1.83 bits per heavy atom. The van der Waals surface area contributed by atoms with Gasteiger partial charge in [-0.2, -0.15) is 36.3 Å². The maximum atomic E-state index is 12.5. The smallest absolute Gasteiger partial charge is 0.422 e. The lowest BCUT2D eigenvalue weighted by molar-refractivity contribution is -0.155. The van der Waals surface area contributed by atoms with E-state index in [1.165, 1.54) is 24.3 Å². The first-order valence-corrected chi connectivity index (χ1v) is 9.18. The SMILES string of the molecule is NS(=O)(=O)c1c(OCC(F)(F)F)nc(-c2cccc(Cl)c2)nc1OCC(F)(F)F. The van der Waals surface area contributed by atoms with Crippen LogP contribution in [-0.4, -0.2) is 44.0 Å². The summed E-state index contributed by atoms with van der Waals surface area (Å²) in [5, 5.41) is 5.03. The molecule has 0 aliphatic heterocycles. The van der Waals surface area contributed by atoms with E-state index in [1.807, 2.05) is 0 Å². The highest BCUT2D eigenvalue weighted by atomic mass is 35.5. The van der Waals surface area contributed by atoms with Gasteiger partial charge in [-0.05, 0) is 12.1 Å². The molecule has 0 radical (unpaired) electrons. The summed E-state index contributed by atoms with van der Waals surface area (Å²) in [6, 6.07) is 5.36. The number of halogens is 7. The van der Waals surface area contributed by atoms with E-state index in [0.717, 1.165) is 0 Å². The number of rotatable bonds is 6. The number of ether oxygens (including phenoxy) is 2. The van der Waals surface area contributed by atoms with E-state index in [2.05, 4.69) is 19.4 Å². The molecule has 160 valence electrons. The first kappa shape index (κ1) is 23.0. The monoisotopic (exact) mass is 465 g/mol. The lowest BCUT2D eigenvalue weighted by atomic mass is 10.2. The van der Waals surface area contributed by atoms with Gasteiger partial charge in [0.1, 0.15) is 0 Å². The van der Waals surface area contributed by atoms with Gasteiger partial charge in [0.25, 0.3) is 0 Å². The van der Waals surface area contributed by atoms with Crippen molar-refractivity contribution in [1.82, 2.24) is 9.97 Å². The van der Waals surface area contributed by atoms with E-state index >= 15 is 0 Å². The number of nitrogens with two attached hydrogens (primary N) is 1. The van der Waals surface area contributed by atoms with Crippen LogP contribution in [0.3, 0.4) is 0 Å². The second kappa shape index (κ2) is 8.20. The summed E-state index contributed by atoms with van der Waals surface area (Å²) in [5.74, 6) is -2.96. The van der Waals surface area contributed by atoms with Gasteiger partial charge in [0.2, 0.25) is 26.7 Å². The third-order valence-electron chi connectivity index (χ3n) is 2.92. The first-order chi connectivity index (χ1) is 13.2. The van der Waals surface area contributed by atoms with Crippen LogP contribution in [0.2, 0.25) is 5.02 Å². The molecule has 0 amide bonds. The maximum absolute atomic E-state index is 12.5. The fourth-order valence-corrected chi connectivity index (χ4v) is 2.79. The van der Waals surface area contributed by atoms with Gasteiger partial charge in [-0.1, -0.05) is 23.7 Å². The molecule has 2 N–H and O–H groups in total. The Morgan fingerprint density at radius 2 is 1.45 bits per heavy atom. The molecule has 0 saturated heterocycles. The Balaban J connectivity index is 2.67. The van der Waals surface area contributed by atoms with E-state index in [-0.39, 0.29) is 10.6 Å². The molecule has 1 aromatic carbocycles. The highest BCUT2D eigenvalue weighted by Crippen LogP contribution is 2.34. The topological polar surface area (TPSA) is 104 Å². The van der Waals surface area contributed by atoms with Crippen LogP contribution < -0.4 is 14.6 Å². The van der Waals surface area contributed by atoms with Crippen LogP contribution in [-0.2, 0) is 10.0 Å². The van der Waals surface area contributed by atoms with Crippen molar-refractivity contribution in [3.8, 4) is 23.1 Å². The van der Waals surface area contributed by atoms with E-state index < -0.39 is 58.1 Å². The molecule has 0 spiro atoms. The van der Waals surface area contributed by atoms with Gasteiger partial charge in [0.15, 0.2) is 19.0 Å². The van der Waals surface area contributed by atoms with E-state index in [1.54, 1.807) is 0 Å². The van der Waals surface area contributed by atoms with Crippen molar-refractivity contribution >= 4 is 21.6 Å². The van der Waals surface area contributed by atoms with Crippen molar-refractivity contribution in [2.45, 2.75) is 17.2 Å². The number of hydrogen-bond donors (Lipinski definition) is 1. The van der Waals surface area contributed by atoms with Crippen LogP contribution >= 0.6 is 11.6 Å².